The van der Waals surface area contributed by atoms with Crippen LogP contribution in [0.4, 0.5) is 5.13 Å². The fourth-order valence-electron chi connectivity index (χ4n) is 1.53. The summed E-state index contributed by atoms with van der Waals surface area (Å²) in [6.07, 6.45) is 0. The molecule has 0 fully saturated rings. The number of hydrogen-bond donors (Lipinski definition) is 0. The van der Waals surface area contributed by atoms with Crippen molar-refractivity contribution in [1.29, 1.82) is 0 Å². The molecule has 1 aromatic carbocycles. The second-order valence-corrected chi connectivity index (χ2v) is 8.09. The van der Waals surface area contributed by atoms with Crippen LogP contribution in [0, 0.1) is 13.8 Å². The fourth-order valence-corrected chi connectivity index (χ4v) is 4.42. The van der Waals surface area contributed by atoms with Crippen LogP contribution < -0.4 is 4.31 Å². The first-order chi connectivity index (χ1) is 8.80. The quantitative estimate of drug-likeness (QED) is 0.842. The van der Waals surface area contributed by atoms with Gasteiger partial charge < -0.3 is 0 Å². The van der Waals surface area contributed by atoms with Gasteiger partial charge in [0.1, 0.15) is 5.01 Å². The Morgan fingerprint density at radius 2 is 1.89 bits per heavy atom. The van der Waals surface area contributed by atoms with Crippen molar-refractivity contribution in [2.24, 2.45) is 0 Å². The highest BCUT2D eigenvalue weighted by molar-refractivity contribution is 9.10. The van der Waals surface area contributed by atoms with Gasteiger partial charge in [-0.2, -0.15) is 0 Å². The highest BCUT2D eigenvalue weighted by Gasteiger charge is 2.24. The van der Waals surface area contributed by atoms with Gasteiger partial charge in [-0.05, 0) is 37.6 Å². The van der Waals surface area contributed by atoms with Crippen LogP contribution >= 0.6 is 27.3 Å². The van der Waals surface area contributed by atoms with E-state index in [4.69, 9.17) is 0 Å². The normalized spacial score (nSPS) is 11.6. The zero-order valence-corrected chi connectivity index (χ0v) is 13.8. The molecule has 2 aromatic rings. The molecule has 0 aliphatic rings. The van der Waals surface area contributed by atoms with Crippen molar-refractivity contribution in [3.63, 3.8) is 0 Å². The molecule has 0 spiro atoms. The van der Waals surface area contributed by atoms with Gasteiger partial charge in [-0.3, -0.25) is 0 Å². The van der Waals surface area contributed by atoms with Gasteiger partial charge in [-0.15, -0.1) is 10.2 Å². The standard InChI is InChI=1S/C11H12BrN3O2S2/c1-7-4-9(12)6-10(5-7)19(16,17)15(3)11-14-13-8(2)18-11/h4-6H,1-3H3. The maximum Gasteiger partial charge on any atom is 0.265 e. The Balaban J connectivity index is 2.47. The van der Waals surface area contributed by atoms with E-state index in [9.17, 15) is 8.42 Å². The number of aryl methyl sites for hydroxylation is 2. The minimum atomic E-state index is -3.61. The second kappa shape index (κ2) is 5.18. The minimum absolute atomic E-state index is 0.231. The first-order valence-electron chi connectivity index (χ1n) is 5.37. The molecular formula is C11H12BrN3O2S2. The Bertz CT molecular complexity index is 692. The van der Waals surface area contributed by atoms with Crippen molar-refractivity contribution >= 4 is 42.4 Å². The van der Waals surface area contributed by atoms with Crippen molar-refractivity contribution in [2.45, 2.75) is 18.7 Å². The van der Waals surface area contributed by atoms with E-state index < -0.39 is 10.0 Å². The van der Waals surface area contributed by atoms with Crippen LogP contribution in [-0.2, 0) is 10.0 Å². The van der Waals surface area contributed by atoms with Gasteiger partial charge >= 0.3 is 0 Å². The molecule has 102 valence electrons. The van der Waals surface area contributed by atoms with Crippen molar-refractivity contribution < 1.29 is 8.42 Å². The van der Waals surface area contributed by atoms with Crippen LogP contribution in [0.2, 0.25) is 0 Å². The Morgan fingerprint density at radius 3 is 2.42 bits per heavy atom. The number of hydrogen-bond acceptors (Lipinski definition) is 5. The predicted octanol–water partition coefficient (Wildman–Crippen LogP) is 2.74. The first-order valence-corrected chi connectivity index (χ1v) is 8.42. The van der Waals surface area contributed by atoms with E-state index in [1.807, 2.05) is 13.0 Å². The summed E-state index contributed by atoms with van der Waals surface area (Å²) >= 11 is 4.55. The summed E-state index contributed by atoms with van der Waals surface area (Å²) in [6, 6.07) is 5.06. The molecule has 2 rings (SSSR count). The van der Waals surface area contributed by atoms with Crippen LogP contribution in [0.5, 0.6) is 0 Å². The van der Waals surface area contributed by atoms with E-state index in [0.29, 0.717) is 5.13 Å². The second-order valence-electron chi connectivity index (χ2n) is 4.04. The number of halogens is 1. The van der Waals surface area contributed by atoms with Crippen molar-refractivity contribution in [3.05, 3.63) is 33.2 Å². The van der Waals surface area contributed by atoms with E-state index >= 15 is 0 Å². The lowest BCUT2D eigenvalue weighted by Gasteiger charge is -2.16. The molecule has 8 heteroatoms. The molecule has 0 saturated heterocycles. The maximum atomic E-state index is 12.5. The van der Waals surface area contributed by atoms with Crippen LogP contribution in [0.15, 0.2) is 27.6 Å². The Labute approximate surface area is 124 Å². The molecule has 5 nitrogen and oxygen atoms in total. The first kappa shape index (κ1) is 14.4. The monoisotopic (exact) mass is 361 g/mol. The highest BCUT2D eigenvalue weighted by atomic mass is 79.9. The molecule has 0 aliphatic heterocycles. The molecule has 0 aliphatic carbocycles. The molecule has 0 atom stereocenters. The third kappa shape index (κ3) is 2.96. The number of aromatic nitrogens is 2. The highest BCUT2D eigenvalue weighted by Crippen LogP contribution is 2.27. The number of sulfonamides is 1. The predicted molar refractivity (Wildman–Crippen MR) is 79.1 cm³/mol. The SMILES string of the molecule is Cc1cc(Br)cc(S(=O)(=O)N(C)c2nnc(C)s2)c1. The summed E-state index contributed by atoms with van der Waals surface area (Å²) in [4.78, 5) is 0.231. The molecule has 0 unspecified atom stereocenters. The molecule has 19 heavy (non-hydrogen) atoms. The zero-order chi connectivity index (χ0) is 14.2. The summed E-state index contributed by atoms with van der Waals surface area (Å²) in [5.41, 5.74) is 0.870. The zero-order valence-electron chi connectivity index (χ0n) is 10.6. The fraction of sp³-hybridized carbons (Fsp3) is 0.273. The number of rotatable bonds is 3. The van der Waals surface area contributed by atoms with E-state index in [2.05, 4.69) is 26.1 Å². The van der Waals surface area contributed by atoms with Gasteiger partial charge in [0.2, 0.25) is 5.13 Å². The van der Waals surface area contributed by atoms with Gasteiger partial charge in [0, 0.05) is 11.5 Å². The lowest BCUT2D eigenvalue weighted by molar-refractivity contribution is 0.594. The Kier molecular flexibility index (Phi) is 3.93. The maximum absolute atomic E-state index is 12.5. The van der Waals surface area contributed by atoms with Crippen molar-refractivity contribution in [2.75, 3.05) is 11.4 Å². The summed E-state index contributed by atoms with van der Waals surface area (Å²) in [7, 11) is -2.13. The molecular weight excluding hydrogens is 350 g/mol. The third-order valence-corrected chi connectivity index (χ3v) is 5.67. The largest absolute Gasteiger partial charge is 0.265 e. The lowest BCUT2D eigenvalue weighted by atomic mass is 10.2. The third-order valence-electron chi connectivity index (χ3n) is 2.46. The molecule has 0 radical (unpaired) electrons. The number of anilines is 1. The molecule has 0 bridgehead atoms. The van der Waals surface area contributed by atoms with Crippen molar-refractivity contribution in [1.82, 2.24) is 10.2 Å². The molecule has 1 aromatic heterocycles. The summed E-state index contributed by atoms with van der Waals surface area (Å²) < 4.78 is 26.9. The van der Waals surface area contributed by atoms with Gasteiger partial charge in [0.05, 0.1) is 4.90 Å². The molecule has 0 amide bonds. The lowest BCUT2D eigenvalue weighted by Crippen LogP contribution is -2.26. The van der Waals surface area contributed by atoms with Gasteiger partial charge in [0.15, 0.2) is 0 Å². The summed E-state index contributed by atoms with van der Waals surface area (Å²) in [5, 5.41) is 8.77. The number of nitrogens with zero attached hydrogens (tertiary/aromatic N) is 3. The summed E-state index contributed by atoms with van der Waals surface area (Å²) in [6.45, 7) is 3.63. The smallest absolute Gasteiger partial charge is 0.243 e. The molecule has 0 N–H and O–H groups in total. The average Bonchev–Trinajstić information content (AvgIpc) is 2.73. The topological polar surface area (TPSA) is 63.2 Å². The Morgan fingerprint density at radius 1 is 1.21 bits per heavy atom. The number of benzene rings is 1. The Hall–Kier alpha value is -0.990. The van der Waals surface area contributed by atoms with Crippen LogP contribution in [0.25, 0.3) is 0 Å². The minimum Gasteiger partial charge on any atom is -0.243 e. The van der Waals surface area contributed by atoms with E-state index in [1.165, 1.54) is 18.4 Å². The molecule has 0 saturated carbocycles. The van der Waals surface area contributed by atoms with E-state index in [-0.39, 0.29) is 4.90 Å². The van der Waals surface area contributed by atoms with Crippen LogP contribution in [0.1, 0.15) is 10.6 Å². The average molecular weight is 362 g/mol. The van der Waals surface area contributed by atoms with E-state index in [1.54, 1.807) is 19.1 Å². The molecule has 1 heterocycles. The van der Waals surface area contributed by atoms with Gasteiger partial charge in [-0.1, -0.05) is 27.3 Å². The van der Waals surface area contributed by atoms with Crippen LogP contribution in [0.3, 0.4) is 0 Å². The van der Waals surface area contributed by atoms with Crippen molar-refractivity contribution in [3.8, 4) is 0 Å². The van der Waals surface area contributed by atoms with Crippen LogP contribution in [-0.4, -0.2) is 25.7 Å². The summed E-state index contributed by atoms with van der Waals surface area (Å²) in [5.74, 6) is 0. The van der Waals surface area contributed by atoms with E-state index in [0.717, 1.165) is 19.3 Å². The van der Waals surface area contributed by atoms with Gasteiger partial charge in [-0.25, -0.2) is 12.7 Å². The van der Waals surface area contributed by atoms with Gasteiger partial charge in [0.25, 0.3) is 10.0 Å².